The van der Waals surface area contributed by atoms with Crippen LogP contribution in [0.1, 0.15) is 29.9 Å². The van der Waals surface area contributed by atoms with Gasteiger partial charge in [-0.15, -0.1) is 11.8 Å². The summed E-state index contributed by atoms with van der Waals surface area (Å²) in [6.07, 6.45) is 2.08. The Morgan fingerprint density at radius 1 is 1.22 bits per heavy atom. The van der Waals surface area contributed by atoms with E-state index in [1.165, 1.54) is 30.5 Å². The summed E-state index contributed by atoms with van der Waals surface area (Å²) in [4.78, 5) is 18.0. The summed E-state index contributed by atoms with van der Waals surface area (Å²) in [5.41, 5.74) is 7.96. The van der Waals surface area contributed by atoms with E-state index >= 15 is 0 Å². The van der Waals surface area contributed by atoms with Gasteiger partial charge >= 0.3 is 6.18 Å². The Hall–Kier alpha value is -3.54. The van der Waals surface area contributed by atoms with Gasteiger partial charge in [-0.05, 0) is 24.7 Å². The third-order valence-electron chi connectivity index (χ3n) is 5.85. The zero-order valence-electron chi connectivity index (χ0n) is 20.8. The van der Waals surface area contributed by atoms with Crippen molar-refractivity contribution >= 4 is 23.0 Å². The minimum atomic E-state index is -4.50. The molecule has 1 aromatic carbocycles. The molecule has 0 aliphatic heterocycles. The van der Waals surface area contributed by atoms with Crippen LogP contribution < -0.4 is 10.5 Å². The van der Waals surface area contributed by atoms with Gasteiger partial charge in [-0.1, -0.05) is 24.3 Å². The predicted octanol–water partition coefficient (Wildman–Crippen LogP) is 4.95. The van der Waals surface area contributed by atoms with Crippen molar-refractivity contribution in [3.63, 3.8) is 0 Å². The Kier molecular flexibility index (Phi) is 7.76. The smallest absolute Gasteiger partial charge is 0.434 e. The second-order valence-corrected chi connectivity index (χ2v) is 9.29. The second kappa shape index (κ2) is 10.8. The van der Waals surface area contributed by atoms with Crippen LogP contribution in [-0.4, -0.2) is 45.6 Å². The van der Waals surface area contributed by atoms with E-state index in [4.69, 9.17) is 15.2 Å². The standard InChI is InChI=1S/C25H27F3N6O2S/c1-30-20(15-9-10-15)19(21(29)35-3)22-31-11-17(37-4)24(33-22)36-13-14-5-7-16(8-6-14)23-32-18(12-34(23)2)25(26,27)28/h5-8,11-12,15H,9-10,13,29H2,1-4H3. The minimum Gasteiger partial charge on any atom is -0.482 e. The molecule has 0 amide bonds. The molecule has 12 heteroatoms. The third kappa shape index (κ3) is 5.90. The van der Waals surface area contributed by atoms with Crippen LogP contribution >= 0.6 is 11.8 Å². The van der Waals surface area contributed by atoms with E-state index in [0.29, 0.717) is 28.8 Å². The summed E-state index contributed by atoms with van der Waals surface area (Å²) < 4.78 is 51.7. The molecular formula is C25H27F3N6O2S. The molecule has 0 unspecified atom stereocenters. The molecule has 1 saturated carbocycles. The van der Waals surface area contributed by atoms with Crippen LogP contribution in [0.15, 0.2) is 52.4 Å². The highest BCUT2D eigenvalue weighted by atomic mass is 32.2. The first-order valence-corrected chi connectivity index (χ1v) is 12.6. The zero-order chi connectivity index (χ0) is 26.7. The van der Waals surface area contributed by atoms with Gasteiger partial charge in [0.25, 0.3) is 0 Å². The maximum Gasteiger partial charge on any atom is 0.434 e. The molecule has 0 saturated heterocycles. The molecule has 0 atom stereocenters. The van der Waals surface area contributed by atoms with Gasteiger partial charge in [0.2, 0.25) is 5.88 Å². The molecule has 37 heavy (non-hydrogen) atoms. The number of ether oxygens (including phenoxy) is 2. The molecule has 2 N–H and O–H groups in total. The Morgan fingerprint density at radius 3 is 2.46 bits per heavy atom. The largest absolute Gasteiger partial charge is 0.482 e. The van der Waals surface area contributed by atoms with Gasteiger partial charge in [0.1, 0.15) is 18.0 Å². The van der Waals surface area contributed by atoms with E-state index in [9.17, 15) is 13.2 Å². The fourth-order valence-electron chi connectivity index (χ4n) is 3.80. The molecule has 1 fully saturated rings. The van der Waals surface area contributed by atoms with Crippen molar-refractivity contribution in [1.82, 2.24) is 19.5 Å². The Labute approximate surface area is 216 Å². The van der Waals surface area contributed by atoms with Crippen molar-refractivity contribution in [3.8, 4) is 17.3 Å². The summed E-state index contributed by atoms with van der Waals surface area (Å²) in [6.45, 7) is 0.189. The summed E-state index contributed by atoms with van der Waals surface area (Å²) >= 11 is 1.44. The van der Waals surface area contributed by atoms with E-state index in [1.54, 1.807) is 37.5 Å². The summed E-state index contributed by atoms with van der Waals surface area (Å²) in [5, 5.41) is 0. The quantitative estimate of drug-likeness (QED) is 0.236. The molecule has 0 bridgehead atoms. The molecule has 3 aromatic rings. The molecule has 0 spiro atoms. The average Bonchev–Trinajstić information content (AvgIpc) is 3.65. The zero-order valence-corrected chi connectivity index (χ0v) is 21.7. The lowest BCUT2D eigenvalue weighted by Gasteiger charge is -2.15. The third-order valence-corrected chi connectivity index (χ3v) is 6.57. The number of nitrogens with two attached hydrogens (primary N) is 1. The van der Waals surface area contributed by atoms with Crippen molar-refractivity contribution in [2.45, 2.75) is 30.5 Å². The first kappa shape index (κ1) is 26.5. The molecule has 4 rings (SSSR count). The van der Waals surface area contributed by atoms with Crippen LogP contribution in [-0.2, 0) is 24.6 Å². The first-order valence-electron chi connectivity index (χ1n) is 11.4. The molecule has 196 valence electrons. The molecule has 2 aromatic heterocycles. The van der Waals surface area contributed by atoms with Gasteiger partial charge in [-0.3, -0.25) is 4.99 Å². The van der Waals surface area contributed by atoms with E-state index in [1.807, 2.05) is 6.26 Å². The van der Waals surface area contributed by atoms with Crippen LogP contribution in [0.25, 0.3) is 17.0 Å². The van der Waals surface area contributed by atoms with Gasteiger partial charge in [0.05, 0.1) is 17.7 Å². The fraction of sp³-hybridized carbons (Fsp3) is 0.360. The number of rotatable bonds is 9. The number of allylic oxidation sites excluding steroid dienone is 1. The van der Waals surface area contributed by atoms with Crippen molar-refractivity contribution in [2.24, 2.45) is 23.7 Å². The van der Waals surface area contributed by atoms with Crippen molar-refractivity contribution < 1.29 is 22.6 Å². The monoisotopic (exact) mass is 532 g/mol. The number of aliphatic imine (C=N–C) groups is 1. The molecule has 2 heterocycles. The number of thioether (sulfide) groups is 1. The number of halogens is 3. The SMILES string of the molecule is CN=C(C(=C(N)OC)c1ncc(SC)c(OCc2ccc(-c3nc(C(F)(F)F)cn3C)cc2)n1)C1CC1. The molecule has 1 aliphatic carbocycles. The summed E-state index contributed by atoms with van der Waals surface area (Å²) in [7, 11) is 4.73. The van der Waals surface area contributed by atoms with Gasteiger partial charge in [-0.25, -0.2) is 9.97 Å². The molecule has 0 radical (unpaired) electrons. The highest BCUT2D eigenvalue weighted by Gasteiger charge is 2.35. The van der Waals surface area contributed by atoms with Gasteiger partial charge < -0.3 is 19.8 Å². The fourth-order valence-corrected chi connectivity index (χ4v) is 4.24. The molecular weight excluding hydrogens is 505 g/mol. The number of benzene rings is 1. The Morgan fingerprint density at radius 2 is 1.92 bits per heavy atom. The highest BCUT2D eigenvalue weighted by Crippen LogP contribution is 2.37. The average molecular weight is 533 g/mol. The Balaban J connectivity index is 1.56. The van der Waals surface area contributed by atoms with Crippen LogP contribution in [0.5, 0.6) is 5.88 Å². The van der Waals surface area contributed by atoms with Gasteiger partial charge in [0.15, 0.2) is 17.4 Å². The Bertz CT molecular complexity index is 1330. The number of hydrogen-bond donors (Lipinski definition) is 1. The number of aromatic nitrogens is 4. The predicted molar refractivity (Wildman–Crippen MR) is 136 cm³/mol. The van der Waals surface area contributed by atoms with Gasteiger partial charge in [-0.2, -0.15) is 18.2 Å². The van der Waals surface area contributed by atoms with Crippen LogP contribution in [0.4, 0.5) is 13.2 Å². The second-order valence-electron chi connectivity index (χ2n) is 8.44. The van der Waals surface area contributed by atoms with Crippen molar-refractivity contribution in [1.29, 1.82) is 0 Å². The van der Waals surface area contributed by atoms with Crippen molar-refractivity contribution in [2.75, 3.05) is 20.4 Å². The summed E-state index contributed by atoms with van der Waals surface area (Å²) in [5.74, 6) is 1.46. The number of imidazole rings is 1. The number of aryl methyl sites for hydroxylation is 1. The minimum absolute atomic E-state index is 0.189. The lowest BCUT2D eigenvalue weighted by molar-refractivity contribution is -0.140. The maximum absolute atomic E-state index is 13.0. The first-order chi connectivity index (χ1) is 17.7. The number of nitrogens with zero attached hydrogens (tertiary/aromatic N) is 5. The summed E-state index contributed by atoms with van der Waals surface area (Å²) in [6, 6.07) is 6.98. The van der Waals surface area contributed by atoms with E-state index < -0.39 is 11.9 Å². The van der Waals surface area contributed by atoms with Gasteiger partial charge in [0, 0.05) is 38.0 Å². The highest BCUT2D eigenvalue weighted by molar-refractivity contribution is 7.98. The van der Waals surface area contributed by atoms with E-state index in [0.717, 1.165) is 35.2 Å². The maximum atomic E-state index is 13.0. The van der Waals surface area contributed by atoms with Crippen LogP contribution in [0.3, 0.4) is 0 Å². The van der Waals surface area contributed by atoms with Crippen molar-refractivity contribution in [3.05, 3.63) is 59.6 Å². The van der Waals surface area contributed by atoms with Crippen LogP contribution in [0, 0.1) is 5.92 Å². The topological polar surface area (TPSA) is 100 Å². The number of alkyl halides is 3. The number of hydrogen-bond acceptors (Lipinski definition) is 8. The van der Waals surface area contributed by atoms with Crippen LogP contribution in [0.2, 0.25) is 0 Å². The van der Waals surface area contributed by atoms with E-state index in [-0.39, 0.29) is 18.3 Å². The molecule has 1 aliphatic rings. The lowest BCUT2D eigenvalue weighted by Crippen LogP contribution is -2.16. The van der Waals surface area contributed by atoms with E-state index in [2.05, 4.69) is 19.9 Å². The molecule has 8 nitrogen and oxygen atoms in total. The lowest BCUT2D eigenvalue weighted by atomic mass is 10.1. The number of methoxy groups -OCH3 is 1. The normalized spacial score (nSPS) is 14.9.